The van der Waals surface area contributed by atoms with Gasteiger partial charge in [-0.2, -0.15) is 0 Å². The molecule has 0 radical (unpaired) electrons. The standard InChI is InChI=1S/C13H25NO6Si/c1-11(2)13(16)20-9-7-12(15)14-8-6-10-21(17-3,18-4)19-5/h1,6-10H2,2-5H3,(H,14,15). The van der Waals surface area contributed by atoms with Gasteiger partial charge in [0.05, 0.1) is 6.42 Å². The van der Waals surface area contributed by atoms with Crippen molar-refractivity contribution in [2.75, 3.05) is 34.5 Å². The molecule has 122 valence electrons. The Morgan fingerprint density at radius 3 is 2.19 bits per heavy atom. The summed E-state index contributed by atoms with van der Waals surface area (Å²) in [5.41, 5.74) is 0.315. The molecule has 0 aliphatic heterocycles. The quantitative estimate of drug-likeness (QED) is 0.263. The van der Waals surface area contributed by atoms with Gasteiger partial charge in [-0.25, -0.2) is 4.79 Å². The maximum Gasteiger partial charge on any atom is 0.500 e. The van der Waals surface area contributed by atoms with Crippen LogP contribution < -0.4 is 5.32 Å². The molecule has 1 N–H and O–H groups in total. The molecule has 0 aliphatic carbocycles. The monoisotopic (exact) mass is 319 g/mol. The van der Waals surface area contributed by atoms with Gasteiger partial charge in [0.1, 0.15) is 6.61 Å². The maximum atomic E-state index is 11.5. The first kappa shape index (κ1) is 19.8. The third-order valence-corrected chi connectivity index (χ3v) is 5.66. The molecule has 0 aromatic rings. The minimum Gasteiger partial charge on any atom is -0.462 e. The number of ether oxygens (including phenoxy) is 1. The zero-order chi connectivity index (χ0) is 16.3. The summed E-state index contributed by atoms with van der Waals surface area (Å²) in [4.78, 5) is 22.6. The SMILES string of the molecule is C=C(C)C(=O)OCCC(=O)NCCC[Si](OC)(OC)OC. The van der Waals surface area contributed by atoms with Crippen molar-refractivity contribution in [3.63, 3.8) is 0 Å². The van der Waals surface area contributed by atoms with E-state index >= 15 is 0 Å². The van der Waals surface area contributed by atoms with Crippen LogP contribution in [0.15, 0.2) is 12.2 Å². The molecule has 1 amide bonds. The zero-order valence-electron chi connectivity index (χ0n) is 13.2. The fraction of sp³-hybridized carbons (Fsp3) is 0.692. The van der Waals surface area contributed by atoms with E-state index in [2.05, 4.69) is 11.9 Å². The molecule has 0 fully saturated rings. The molecule has 0 heterocycles. The van der Waals surface area contributed by atoms with Gasteiger partial charge in [0.25, 0.3) is 0 Å². The normalized spacial score (nSPS) is 11.0. The number of hydrogen-bond donors (Lipinski definition) is 1. The van der Waals surface area contributed by atoms with Crippen LogP contribution in [0.4, 0.5) is 0 Å². The summed E-state index contributed by atoms with van der Waals surface area (Å²) >= 11 is 0. The first-order chi connectivity index (χ1) is 9.90. The van der Waals surface area contributed by atoms with Crippen LogP contribution in [0, 0.1) is 0 Å². The van der Waals surface area contributed by atoms with Crippen molar-refractivity contribution >= 4 is 20.7 Å². The van der Waals surface area contributed by atoms with Crippen molar-refractivity contribution in [2.45, 2.75) is 25.8 Å². The van der Waals surface area contributed by atoms with E-state index in [1.165, 1.54) is 0 Å². The predicted molar refractivity (Wildman–Crippen MR) is 79.6 cm³/mol. The average molecular weight is 319 g/mol. The van der Waals surface area contributed by atoms with Crippen LogP contribution in [0.2, 0.25) is 6.04 Å². The Balaban J connectivity index is 3.80. The summed E-state index contributed by atoms with van der Waals surface area (Å²) in [5, 5.41) is 2.73. The van der Waals surface area contributed by atoms with E-state index in [0.717, 1.165) is 0 Å². The first-order valence-corrected chi connectivity index (χ1v) is 8.58. The second kappa shape index (κ2) is 10.5. The van der Waals surface area contributed by atoms with Crippen LogP contribution in [-0.4, -0.2) is 55.2 Å². The Morgan fingerprint density at radius 1 is 1.14 bits per heavy atom. The van der Waals surface area contributed by atoms with Crippen LogP contribution >= 0.6 is 0 Å². The molecular weight excluding hydrogens is 294 g/mol. The first-order valence-electron chi connectivity index (χ1n) is 6.65. The topological polar surface area (TPSA) is 83.1 Å². The molecule has 0 spiro atoms. The molecular formula is C13H25NO6Si. The van der Waals surface area contributed by atoms with Crippen molar-refractivity contribution in [3.8, 4) is 0 Å². The van der Waals surface area contributed by atoms with Gasteiger partial charge < -0.3 is 23.3 Å². The molecule has 7 nitrogen and oxygen atoms in total. The molecule has 0 aliphatic rings. The number of rotatable bonds is 11. The van der Waals surface area contributed by atoms with Gasteiger partial charge in [0.15, 0.2) is 0 Å². The summed E-state index contributed by atoms with van der Waals surface area (Å²) in [6, 6.07) is 0.613. The maximum absolute atomic E-state index is 11.5. The predicted octanol–water partition coefficient (Wildman–Crippen LogP) is 0.880. The van der Waals surface area contributed by atoms with Crippen LogP contribution in [0.5, 0.6) is 0 Å². The number of esters is 1. The number of carbonyl (C=O) groups excluding carboxylic acids is 2. The highest BCUT2D eigenvalue weighted by Gasteiger charge is 2.36. The Hall–Kier alpha value is -1.22. The van der Waals surface area contributed by atoms with E-state index in [-0.39, 0.29) is 18.9 Å². The summed E-state index contributed by atoms with van der Waals surface area (Å²) in [7, 11) is 2.08. The van der Waals surface area contributed by atoms with Crippen LogP contribution in [0.3, 0.4) is 0 Å². The number of hydrogen-bond acceptors (Lipinski definition) is 6. The summed E-state index contributed by atoms with van der Waals surface area (Å²) in [6.07, 6.45) is 0.805. The molecule has 0 atom stereocenters. The Morgan fingerprint density at radius 2 is 1.71 bits per heavy atom. The van der Waals surface area contributed by atoms with E-state index in [0.29, 0.717) is 24.6 Å². The van der Waals surface area contributed by atoms with E-state index in [9.17, 15) is 9.59 Å². The van der Waals surface area contributed by atoms with Gasteiger partial charge in [-0.15, -0.1) is 0 Å². The minimum absolute atomic E-state index is 0.0461. The van der Waals surface area contributed by atoms with Crippen molar-refractivity contribution in [3.05, 3.63) is 12.2 Å². The molecule has 8 heteroatoms. The lowest BCUT2D eigenvalue weighted by molar-refractivity contribution is -0.139. The van der Waals surface area contributed by atoms with Crippen molar-refractivity contribution in [1.29, 1.82) is 0 Å². The summed E-state index contributed by atoms with van der Waals surface area (Å²) in [6.45, 7) is 5.54. The minimum atomic E-state index is -2.57. The second-order valence-corrected chi connectivity index (χ2v) is 7.51. The van der Waals surface area contributed by atoms with Crippen LogP contribution in [0.1, 0.15) is 19.8 Å². The molecule has 0 rings (SSSR count). The highest BCUT2D eigenvalue weighted by atomic mass is 28.4. The molecule has 0 aromatic carbocycles. The van der Waals surface area contributed by atoms with Crippen molar-refractivity contribution in [1.82, 2.24) is 5.32 Å². The molecule has 21 heavy (non-hydrogen) atoms. The highest BCUT2D eigenvalue weighted by molar-refractivity contribution is 6.60. The van der Waals surface area contributed by atoms with Crippen molar-refractivity contribution < 1.29 is 27.6 Å². The van der Waals surface area contributed by atoms with Gasteiger partial charge >= 0.3 is 14.8 Å². The average Bonchev–Trinajstić information content (AvgIpc) is 2.48. The molecule has 0 aromatic heterocycles. The van der Waals surface area contributed by atoms with E-state index in [1.54, 1.807) is 28.3 Å². The smallest absolute Gasteiger partial charge is 0.462 e. The highest BCUT2D eigenvalue weighted by Crippen LogP contribution is 2.14. The van der Waals surface area contributed by atoms with E-state index in [4.69, 9.17) is 18.0 Å². The van der Waals surface area contributed by atoms with E-state index in [1.807, 2.05) is 0 Å². The van der Waals surface area contributed by atoms with E-state index < -0.39 is 14.8 Å². The molecule has 0 unspecified atom stereocenters. The Labute approximate surface area is 127 Å². The molecule has 0 saturated carbocycles. The lowest BCUT2D eigenvalue weighted by Crippen LogP contribution is -2.43. The fourth-order valence-electron chi connectivity index (χ4n) is 1.54. The van der Waals surface area contributed by atoms with Gasteiger partial charge in [-0.3, -0.25) is 4.79 Å². The van der Waals surface area contributed by atoms with Gasteiger partial charge in [-0.05, 0) is 13.3 Å². The van der Waals surface area contributed by atoms with Crippen LogP contribution in [0.25, 0.3) is 0 Å². The molecule has 0 bridgehead atoms. The Bertz CT molecular complexity index is 348. The van der Waals surface area contributed by atoms with Gasteiger partial charge in [0, 0.05) is 39.5 Å². The largest absolute Gasteiger partial charge is 0.500 e. The van der Waals surface area contributed by atoms with Crippen LogP contribution in [-0.2, 0) is 27.6 Å². The lowest BCUT2D eigenvalue weighted by atomic mass is 10.3. The van der Waals surface area contributed by atoms with Gasteiger partial charge in [0.2, 0.25) is 5.91 Å². The summed E-state index contributed by atoms with van der Waals surface area (Å²) < 4.78 is 20.7. The number of amides is 1. The Kier molecular flexibility index (Phi) is 9.88. The second-order valence-electron chi connectivity index (χ2n) is 4.42. The fourth-order valence-corrected chi connectivity index (χ4v) is 3.26. The molecule has 0 saturated heterocycles. The number of nitrogens with one attached hydrogen (secondary N) is 1. The zero-order valence-corrected chi connectivity index (χ0v) is 14.2. The lowest BCUT2D eigenvalue weighted by Gasteiger charge is -2.24. The number of carbonyl (C=O) groups is 2. The third-order valence-electron chi connectivity index (χ3n) is 2.83. The summed E-state index contributed by atoms with van der Waals surface area (Å²) in [5.74, 6) is -0.664. The van der Waals surface area contributed by atoms with Crippen molar-refractivity contribution in [2.24, 2.45) is 0 Å². The van der Waals surface area contributed by atoms with Gasteiger partial charge in [-0.1, -0.05) is 6.58 Å². The third kappa shape index (κ3) is 7.95.